The van der Waals surface area contributed by atoms with Gasteiger partial charge in [0.05, 0.1) is 0 Å². The van der Waals surface area contributed by atoms with E-state index in [4.69, 9.17) is 0 Å². The lowest BCUT2D eigenvalue weighted by atomic mass is 10.0. The maximum absolute atomic E-state index is 11.6. The zero-order valence-electron chi connectivity index (χ0n) is 12.3. The fourth-order valence-corrected chi connectivity index (χ4v) is 1.63. The largest absolute Gasteiger partial charge is 0.351 e. The average Bonchev–Trinajstić information content (AvgIpc) is 2.36. The van der Waals surface area contributed by atoms with Crippen LogP contribution in [-0.4, -0.2) is 38.0 Å². The minimum atomic E-state index is -0.0465. The minimum Gasteiger partial charge on any atom is -0.351 e. The second kappa shape index (κ2) is 7.74. The Kier molecular flexibility index (Phi) is 6.30. The molecule has 0 aliphatic heterocycles. The molecule has 0 aliphatic carbocycles. The molecule has 1 aromatic rings. The van der Waals surface area contributed by atoms with Gasteiger partial charge in [-0.2, -0.15) is 0 Å². The number of carbonyl (C=O) groups excluding carboxylic acids is 1. The van der Waals surface area contributed by atoms with Crippen LogP contribution in [0.1, 0.15) is 30.9 Å². The molecule has 1 rings (SSSR count). The summed E-state index contributed by atoms with van der Waals surface area (Å²) in [6, 6.07) is 8.29. The van der Waals surface area contributed by atoms with Crippen molar-refractivity contribution in [2.45, 2.75) is 19.8 Å². The first-order valence-corrected chi connectivity index (χ1v) is 6.69. The molecule has 0 radical (unpaired) electrons. The number of likely N-dealkylation sites (N-methyl/N-ethyl adjacent to an activating group) is 1. The Labute approximate surface area is 116 Å². The van der Waals surface area contributed by atoms with Gasteiger partial charge in [-0.1, -0.05) is 38.1 Å². The van der Waals surface area contributed by atoms with Gasteiger partial charge in [-0.05, 0) is 37.2 Å². The summed E-state index contributed by atoms with van der Waals surface area (Å²) in [5.74, 6) is 0.488. The van der Waals surface area contributed by atoms with E-state index in [0.717, 1.165) is 12.1 Å². The molecule has 0 atom stereocenters. The summed E-state index contributed by atoms with van der Waals surface area (Å²) in [5, 5.41) is 2.85. The SMILES string of the molecule is CC(C)c1ccc(/C=C/C(=O)NCCN(C)C)cc1. The van der Waals surface area contributed by atoms with Gasteiger partial charge < -0.3 is 10.2 Å². The lowest BCUT2D eigenvalue weighted by Crippen LogP contribution is -2.30. The number of hydrogen-bond acceptors (Lipinski definition) is 2. The molecule has 0 heterocycles. The number of hydrogen-bond donors (Lipinski definition) is 1. The molecule has 1 aromatic carbocycles. The number of rotatable bonds is 6. The Morgan fingerprint density at radius 3 is 2.42 bits per heavy atom. The Hall–Kier alpha value is -1.61. The second-order valence-electron chi connectivity index (χ2n) is 5.25. The zero-order chi connectivity index (χ0) is 14.3. The normalized spacial score (nSPS) is 11.5. The van der Waals surface area contributed by atoms with Crippen molar-refractivity contribution in [3.05, 3.63) is 41.5 Å². The summed E-state index contributed by atoms with van der Waals surface area (Å²) in [6.07, 6.45) is 3.43. The van der Waals surface area contributed by atoms with E-state index in [2.05, 4.69) is 31.3 Å². The van der Waals surface area contributed by atoms with Crippen LogP contribution in [0.4, 0.5) is 0 Å². The van der Waals surface area contributed by atoms with Crippen LogP contribution in [-0.2, 0) is 4.79 Å². The van der Waals surface area contributed by atoms with E-state index in [9.17, 15) is 4.79 Å². The van der Waals surface area contributed by atoms with Crippen LogP contribution in [0.5, 0.6) is 0 Å². The van der Waals surface area contributed by atoms with Crippen LogP contribution in [0.25, 0.3) is 6.08 Å². The highest BCUT2D eigenvalue weighted by atomic mass is 16.1. The van der Waals surface area contributed by atoms with Crippen molar-refractivity contribution in [2.75, 3.05) is 27.2 Å². The number of carbonyl (C=O) groups is 1. The van der Waals surface area contributed by atoms with Gasteiger partial charge in [0.2, 0.25) is 5.91 Å². The van der Waals surface area contributed by atoms with Gasteiger partial charge in [-0.25, -0.2) is 0 Å². The molecule has 1 amide bonds. The van der Waals surface area contributed by atoms with Crippen LogP contribution in [0.2, 0.25) is 0 Å². The predicted molar refractivity (Wildman–Crippen MR) is 81.1 cm³/mol. The van der Waals surface area contributed by atoms with Crippen LogP contribution in [0, 0.1) is 0 Å². The highest BCUT2D eigenvalue weighted by Gasteiger charge is 1.98. The molecule has 0 aromatic heterocycles. The van der Waals surface area contributed by atoms with Gasteiger partial charge in [-0.15, -0.1) is 0 Å². The molecule has 1 N–H and O–H groups in total. The standard InChI is InChI=1S/C16H24N2O/c1-13(2)15-8-5-14(6-9-15)7-10-16(19)17-11-12-18(3)4/h5-10,13H,11-12H2,1-4H3,(H,17,19)/b10-7+. The van der Waals surface area contributed by atoms with Crippen molar-refractivity contribution < 1.29 is 4.79 Å². The molecule has 3 nitrogen and oxygen atoms in total. The molecule has 0 aliphatic rings. The minimum absolute atomic E-state index is 0.0465. The lowest BCUT2D eigenvalue weighted by Gasteiger charge is -2.08. The maximum atomic E-state index is 11.6. The predicted octanol–water partition coefficient (Wildman–Crippen LogP) is 2.50. The number of nitrogens with one attached hydrogen (secondary N) is 1. The van der Waals surface area contributed by atoms with Crippen LogP contribution in [0.15, 0.2) is 30.3 Å². The zero-order valence-corrected chi connectivity index (χ0v) is 12.3. The smallest absolute Gasteiger partial charge is 0.244 e. The summed E-state index contributed by atoms with van der Waals surface area (Å²) in [5.41, 5.74) is 2.36. The fraction of sp³-hybridized carbons (Fsp3) is 0.438. The van der Waals surface area contributed by atoms with Gasteiger partial charge >= 0.3 is 0 Å². The van der Waals surface area contributed by atoms with E-state index >= 15 is 0 Å². The Morgan fingerprint density at radius 1 is 1.26 bits per heavy atom. The number of nitrogens with zero attached hydrogens (tertiary/aromatic N) is 1. The summed E-state index contributed by atoms with van der Waals surface area (Å²) in [4.78, 5) is 13.6. The van der Waals surface area contributed by atoms with E-state index in [0.29, 0.717) is 12.5 Å². The monoisotopic (exact) mass is 260 g/mol. The van der Waals surface area contributed by atoms with Gasteiger partial charge in [0.1, 0.15) is 0 Å². The first kappa shape index (κ1) is 15.4. The van der Waals surface area contributed by atoms with Crippen molar-refractivity contribution in [2.24, 2.45) is 0 Å². The van der Waals surface area contributed by atoms with Gasteiger partial charge in [0.15, 0.2) is 0 Å². The summed E-state index contributed by atoms with van der Waals surface area (Å²) >= 11 is 0. The molecule has 104 valence electrons. The van der Waals surface area contributed by atoms with Gasteiger partial charge in [0.25, 0.3) is 0 Å². The maximum Gasteiger partial charge on any atom is 0.244 e. The van der Waals surface area contributed by atoms with Crippen molar-refractivity contribution in [1.82, 2.24) is 10.2 Å². The molecule has 19 heavy (non-hydrogen) atoms. The molecular weight excluding hydrogens is 236 g/mol. The summed E-state index contributed by atoms with van der Waals surface area (Å²) in [7, 11) is 3.97. The van der Waals surface area contributed by atoms with E-state index < -0.39 is 0 Å². The van der Waals surface area contributed by atoms with Crippen LogP contribution >= 0.6 is 0 Å². The van der Waals surface area contributed by atoms with Gasteiger partial charge in [0, 0.05) is 19.2 Å². The number of amides is 1. The second-order valence-corrected chi connectivity index (χ2v) is 5.25. The molecular formula is C16H24N2O. The topological polar surface area (TPSA) is 32.3 Å². The third-order valence-electron chi connectivity index (χ3n) is 2.89. The molecule has 0 fully saturated rings. The molecule has 0 unspecified atom stereocenters. The average molecular weight is 260 g/mol. The third kappa shape index (κ3) is 6.20. The van der Waals surface area contributed by atoms with E-state index in [1.54, 1.807) is 6.08 Å². The molecule has 0 saturated heterocycles. The first-order chi connectivity index (χ1) is 8.99. The van der Waals surface area contributed by atoms with E-state index in [-0.39, 0.29) is 5.91 Å². The molecule has 0 bridgehead atoms. The van der Waals surface area contributed by atoms with E-state index in [1.807, 2.05) is 37.2 Å². The molecule has 3 heteroatoms. The summed E-state index contributed by atoms with van der Waals surface area (Å²) < 4.78 is 0. The van der Waals surface area contributed by atoms with Crippen molar-refractivity contribution >= 4 is 12.0 Å². The highest BCUT2D eigenvalue weighted by Crippen LogP contribution is 2.15. The van der Waals surface area contributed by atoms with Crippen LogP contribution < -0.4 is 5.32 Å². The quantitative estimate of drug-likeness (QED) is 0.797. The Morgan fingerprint density at radius 2 is 1.89 bits per heavy atom. The first-order valence-electron chi connectivity index (χ1n) is 6.69. The highest BCUT2D eigenvalue weighted by molar-refractivity contribution is 5.91. The Bertz CT molecular complexity index is 419. The third-order valence-corrected chi connectivity index (χ3v) is 2.89. The van der Waals surface area contributed by atoms with Crippen molar-refractivity contribution in [1.29, 1.82) is 0 Å². The molecule has 0 saturated carbocycles. The van der Waals surface area contributed by atoms with Gasteiger partial charge in [-0.3, -0.25) is 4.79 Å². The number of benzene rings is 1. The van der Waals surface area contributed by atoms with E-state index in [1.165, 1.54) is 5.56 Å². The Balaban J connectivity index is 2.45. The van der Waals surface area contributed by atoms with Crippen molar-refractivity contribution in [3.63, 3.8) is 0 Å². The molecule has 0 spiro atoms. The van der Waals surface area contributed by atoms with Crippen molar-refractivity contribution in [3.8, 4) is 0 Å². The summed E-state index contributed by atoms with van der Waals surface area (Å²) in [6.45, 7) is 5.86. The lowest BCUT2D eigenvalue weighted by molar-refractivity contribution is -0.116. The van der Waals surface area contributed by atoms with Crippen LogP contribution in [0.3, 0.4) is 0 Å². The fourth-order valence-electron chi connectivity index (χ4n) is 1.63.